The highest BCUT2D eigenvalue weighted by molar-refractivity contribution is 7.12. The van der Waals surface area contributed by atoms with E-state index in [0.29, 0.717) is 38.6 Å². The molecule has 0 atom stereocenters. The summed E-state index contributed by atoms with van der Waals surface area (Å²) >= 11 is 1.42. The van der Waals surface area contributed by atoms with E-state index in [4.69, 9.17) is 0 Å². The van der Waals surface area contributed by atoms with Crippen molar-refractivity contribution in [2.24, 2.45) is 0 Å². The molecule has 1 aliphatic rings. The Kier molecular flexibility index (Phi) is 4.25. The van der Waals surface area contributed by atoms with Gasteiger partial charge in [0.2, 0.25) is 11.8 Å². The second-order valence-electron chi connectivity index (χ2n) is 4.30. The molecule has 4 nitrogen and oxygen atoms in total. The largest absolute Gasteiger partial charge is 0.293 e. The first-order valence-electron chi connectivity index (χ1n) is 6.08. The highest BCUT2D eigenvalue weighted by Crippen LogP contribution is 2.15. The normalized spacial score (nSPS) is 16.1. The van der Waals surface area contributed by atoms with E-state index in [9.17, 15) is 14.4 Å². The van der Waals surface area contributed by atoms with Gasteiger partial charge in [0.1, 0.15) is 0 Å². The summed E-state index contributed by atoms with van der Waals surface area (Å²) in [6, 6.07) is 3.64. The van der Waals surface area contributed by atoms with Crippen molar-refractivity contribution >= 4 is 28.9 Å². The number of piperidine rings is 1. The molecule has 0 radical (unpaired) electrons. The first-order valence-corrected chi connectivity index (χ1v) is 6.96. The lowest BCUT2D eigenvalue weighted by molar-refractivity contribution is -0.147. The van der Waals surface area contributed by atoms with Gasteiger partial charge in [-0.25, -0.2) is 0 Å². The summed E-state index contributed by atoms with van der Waals surface area (Å²) < 4.78 is 0. The van der Waals surface area contributed by atoms with Gasteiger partial charge in [-0.3, -0.25) is 19.3 Å². The predicted octanol–water partition coefficient (Wildman–Crippen LogP) is 2.25. The highest BCUT2D eigenvalue weighted by Gasteiger charge is 2.25. The van der Waals surface area contributed by atoms with Crippen LogP contribution in [-0.4, -0.2) is 29.0 Å². The third-order valence-electron chi connectivity index (χ3n) is 2.96. The van der Waals surface area contributed by atoms with E-state index < -0.39 is 0 Å². The molecule has 0 bridgehead atoms. The second kappa shape index (κ2) is 5.91. The van der Waals surface area contributed by atoms with Gasteiger partial charge in [-0.2, -0.15) is 0 Å². The molecule has 0 aromatic carbocycles. The Morgan fingerprint density at radius 3 is 2.61 bits per heavy atom. The molecule has 2 rings (SSSR count). The Hall–Kier alpha value is -1.49. The topological polar surface area (TPSA) is 54.5 Å². The fourth-order valence-electron chi connectivity index (χ4n) is 2.01. The summed E-state index contributed by atoms with van der Waals surface area (Å²) in [4.78, 5) is 36.8. The van der Waals surface area contributed by atoms with E-state index in [-0.39, 0.29) is 17.6 Å². The number of carbonyl (C=O) groups is 3. The number of nitrogens with zero attached hydrogens (tertiary/aromatic N) is 1. The molecule has 5 heteroatoms. The van der Waals surface area contributed by atoms with Crippen LogP contribution in [0.1, 0.15) is 41.8 Å². The van der Waals surface area contributed by atoms with Crippen LogP contribution in [0.3, 0.4) is 0 Å². The molecule has 1 saturated heterocycles. The third kappa shape index (κ3) is 3.04. The van der Waals surface area contributed by atoms with Crippen LogP contribution in [0.2, 0.25) is 0 Å². The molecule has 1 aliphatic heterocycles. The van der Waals surface area contributed by atoms with Gasteiger partial charge in [-0.05, 0) is 24.3 Å². The van der Waals surface area contributed by atoms with Crippen LogP contribution in [0.4, 0.5) is 0 Å². The number of ketones is 1. The third-order valence-corrected chi connectivity index (χ3v) is 3.88. The minimum Gasteiger partial charge on any atom is -0.293 e. The van der Waals surface area contributed by atoms with E-state index >= 15 is 0 Å². The first kappa shape index (κ1) is 13.0. The fraction of sp³-hybridized carbons (Fsp3) is 0.462. The van der Waals surface area contributed by atoms with E-state index in [0.717, 1.165) is 4.88 Å². The summed E-state index contributed by atoms with van der Waals surface area (Å²) in [5.41, 5.74) is 0. The van der Waals surface area contributed by atoms with Crippen molar-refractivity contribution in [2.45, 2.75) is 32.1 Å². The molecule has 1 fully saturated rings. The first-order chi connectivity index (χ1) is 8.68. The molecule has 1 aromatic rings. The van der Waals surface area contributed by atoms with E-state index in [1.54, 1.807) is 6.07 Å². The number of rotatable bonds is 5. The van der Waals surface area contributed by atoms with Gasteiger partial charge >= 0.3 is 0 Å². The average Bonchev–Trinajstić information content (AvgIpc) is 2.86. The highest BCUT2D eigenvalue weighted by atomic mass is 32.1. The minimum atomic E-state index is -0.102. The second-order valence-corrected chi connectivity index (χ2v) is 5.24. The molecule has 0 saturated carbocycles. The Morgan fingerprint density at radius 2 is 2.00 bits per heavy atom. The lowest BCUT2D eigenvalue weighted by Crippen LogP contribution is -2.40. The summed E-state index contributed by atoms with van der Waals surface area (Å²) in [5, 5.41) is 1.87. The number of hydrogen-bond donors (Lipinski definition) is 0. The standard InChI is InChI=1S/C13H15NO3S/c15-10(11-5-3-9-18-11)4-2-8-14-12(16)6-1-7-13(14)17/h3,5,9H,1-2,4,6-8H2. The van der Waals surface area contributed by atoms with Crippen molar-refractivity contribution in [3.63, 3.8) is 0 Å². The van der Waals surface area contributed by atoms with E-state index in [2.05, 4.69) is 0 Å². The maximum atomic E-state index is 11.7. The van der Waals surface area contributed by atoms with Crippen molar-refractivity contribution < 1.29 is 14.4 Å². The van der Waals surface area contributed by atoms with Crippen molar-refractivity contribution in [3.8, 4) is 0 Å². The smallest absolute Gasteiger partial charge is 0.229 e. The molecule has 2 heterocycles. The van der Waals surface area contributed by atoms with Crippen molar-refractivity contribution in [1.82, 2.24) is 4.90 Å². The molecule has 0 unspecified atom stereocenters. The Balaban J connectivity index is 1.79. The summed E-state index contributed by atoms with van der Waals surface area (Å²) in [5.74, 6) is -0.119. The van der Waals surface area contributed by atoms with Gasteiger partial charge in [0.25, 0.3) is 0 Å². The number of hydrogen-bond acceptors (Lipinski definition) is 4. The summed E-state index contributed by atoms with van der Waals surface area (Å²) in [6.07, 6.45) is 2.49. The minimum absolute atomic E-state index is 0.0851. The zero-order chi connectivity index (χ0) is 13.0. The van der Waals surface area contributed by atoms with Crippen LogP contribution in [0.25, 0.3) is 0 Å². The van der Waals surface area contributed by atoms with Gasteiger partial charge < -0.3 is 0 Å². The Morgan fingerprint density at radius 1 is 1.28 bits per heavy atom. The number of amides is 2. The summed E-state index contributed by atoms with van der Waals surface area (Å²) in [7, 11) is 0. The monoisotopic (exact) mass is 265 g/mol. The van der Waals surface area contributed by atoms with Gasteiger partial charge in [0, 0.05) is 25.8 Å². The van der Waals surface area contributed by atoms with Gasteiger partial charge in [0.15, 0.2) is 5.78 Å². The molecule has 0 spiro atoms. The van der Waals surface area contributed by atoms with Crippen LogP contribution in [-0.2, 0) is 9.59 Å². The molecule has 0 N–H and O–H groups in total. The molecular weight excluding hydrogens is 250 g/mol. The zero-order valence-electron chi connectivity index (χ0n) is 10.1. The SMILES string of the molecule is O=C(CCCN1C(=O)CCCC1=O)c1cccs1. The van der Waals surface area contributed by atoms with Crippen LogP contribution < -0.4 is 0 Å². The number of carbonyl (C=O) groups excluding carboxylic acids is 3. The van der Waals surface area contributed by atoms with E-state index in [1.807, 2.05) is 11.4 Å². The maximum absolute atomic E-state index is 11.7. The zero-order valence-corrected chi connectivity index (χ0v) is 10.9. The average molecular weight is 265 g/mol. The number of Topliss-reactive ketones (excluding diaryl/α,β-unsaturated/α-hetero) is 1. The van der Waals surface area contributed by atoms with Crippen LogP contribution in [0.5, 0.6) is 0 Å². The van der Waals surface area contributed by atoms with Crippen molar-refractivity contribution in [2.75, 3.05) is 6.54 Å². The lowest BCUT2D eigenvalue weighted by Gasteiger charge is -2.24. The molecule has 1 aromatic heterocycles. The van der Waals surface area contributed by atoms with Gasteiger partial charge in [-0.15, -0.1) is 11.3 Å². The Labute approximate surface area is 110 Å². The molecule has 2 amide bonds. The lowest BCUT2D eigenvalue weighted by atomic mass is 10.1. The number of thiophene rings is 1. The fourth-order valence-corrected chi connectivity index (χ4v) is 2.70. The molecule has 0 aliphatic carbocycles. The van der Waals surface area contributed by atoms with Crippen molar-refractivity contribution in [1.29, 1.82) is 0 Å². The number of imide groups is 1. The van der Waals surface area contributed by atoms with Crippen molar-refractivity contribution in [3.05, 3.63) is 22.4 Å². The van der Waals surface area contributed by atoms with Gasteiger partial charge in [0.05, 0.1) is 4.88 Å². The molecular formula is C13H15NO3S. The number of likely N-dealkylation sites (tertiary alicyclic amines) is 1. The maximum Gasteiger partial charge on any atom is 0.229 e. The van der Waals surface area contributed by atoms with Crippen LogP contribution in [0.15, 0.2) is 17.5 Å². The van der Waals surface area contributed by atoms with Crippen LogP contribution >= 0.6 is 11.3 Å². The van der Waals surface area contributed by atoms with Gasteiger partial charge in [-0.1, -0.05) is 6.07 Å². The predicted molar refractivity (Wildman–Crippen MR) is 68.5 cm³/mol. The molecule has 96 valence electrons. The Bertz CT molecular complexity index is 437. The molecule has 18 heavy (non-hydrogen) atoms. The van der Waals surface area contributed by atoms with Crippen LogP contribution in [0, 0.1) is 0 Å². The quantitative estimate of drug-likeness (QED) is 0.606. The summed E-state index contributed by atoms with van der Waals surface area (Å²) in [6.45, 7) is 0.370. The van der Waals surface area contributed by atoms with E-state index in [1.165, 1.54) is 16.2 Å².